The molecule has 3 rings (SSSR count). The first-order chi connectivity index (χ1) is 12.0. The molecule has 1 atom stereocenters. The molecule has 0 N–H and O–H groups in total. The van der Waals surface area contributed by atoms with Crippen LogP contribution in [-0.4, -0.2) is 28.0 Å². The van der Waals surface area contributed by atoms with Crippen LogP contribution in [0.1, 0.15) is 30.9 Å². The molecule has 0 spiro atoms. The van der Waals surface area contributed by atoms with Crippen molar-refractivity contribution >= 4 is 11.5 Å². The third-order valence-electron chi connectivity index (χ3n) is 4.60. The molecule has 1 aliphatic rings. The SMILES string of the molecule is Cc1ccc(Oc2ncnc(N3CCCC(C)C3)c2[N+](=O)[O-])cc1C. The van der Waals surface area contributed by atoms with Crippen molar-refractivity contribution in [3.63, 3.8) is 0 Å². The normalized spacial score (nSPS) is 17.4. The maximum Gasteiger partial charge on any atom is 0.373 e. The Morgan fingerprint density at radius 3 is 2.76 bits per heavy atom. The zero-order valence-corrected chi connectivity index (χ0v) is 14.7. The molecule has 0 saturated carbocycles. The lowest BCUT2D eigenvalue weighted by atomic mass is 10.0. The van der Waals surface area contributed by atoms with E-state index in [1.165, 1.54) is 6.33 Å². The van der Waals surface area contributed by atoms with E-state index in [0.29, 0.717) is 17.5 Å². The Hall–Kier alpha value is -2.70. The molecule has 1 fully saturated rings. The van der Waals surface area contributed by atoms with E-state index in [4.69, 9.17) is 4.74 Å². The van der Waals surface area contributed by atoms with Gasteiger partial charge in [0, 0.05) is 13.1 Å². The molecule has 0 aliphatic carbocycles. The number of nitro groups is 1. The molecule has 7 heteroatoms. The van der Waals surface area contributed by atoms with Gasteiger partial charge in [-0.1, -0.05) is 13.0 Å². The van der Waals surface area contributed by atoms with E-state index in [-0.39, 0.29) is 11.6 Å². The predicted octanol–water partition coefficient (Wildman–Crippen LogP) is 4.03. The van der Waals surface area contributed by atoms with Gasteiger partial charge in [0.2, 0.25) is 5.82 Å². The fourth-order valence-corrected chi connectivity index (χ4v) is 3.09. The molecule has 25 heavy (non-hydrogen) atoms. The molecular formula is C18H22N4O3. The molecule has 1 aromatic carbocycles. The molecular weight excluding hydrogens is 320 g/mol. The van der Waals surface area contributed by atoms with Gasteiger partial charge in [-0.25, -0.2) is 4.98 Å². The van der Waals surface area contributed by atoms with E-state index in [9.17, 15) is 10.1 Å². The van der Waals surface area contributed by atoms with E-state index in [0.717, 1.165) is 37.1 Å². The van der Waals surface area contributed by atoms with Crippen molar-refractivity contribution in [2.24, 2.45) is 5.92 Å². The Bertz CT molecular complexity index is 794. The summed E-state index contributed by atoms with van der Waals surface area (Å²) in [5, 5.41) is 11.7. The molecule has 2 heterocycles. The molecule has 0 radical (unpaired) electrons. The fourth-order valence-electron chi connectivity index (χ4n) is 3.09. The van der Waals surface area contributed by atoms with Gasteiger partial charge in [0.25, 0.3) is 0 Å². The quantitative estimate of drug-likeness (QED) is 0.616. The monoisotopic (exact) mass is 342 g/mol. The topological polar surface area (TPSA) is 81.4 Å². The molecule has 0 bridgehead atoms. The second-order valence-electron chi connectivity index (χ2n) is 6.65. The number of aromatic nitrogens is 2. The zero-order chi connectivity index (χ0) is 18.0. The molecule has 7 nitrogen and oxygen atoms in total. The maximum atomic E-state index is 11.7. The summed E-state index contributed by atoms with van der Waals surface area (Å²) in [7, 11) is 0. The Kier molecular flexibility index (Phi) is 4.83. The summed E-state index contributed by atoms with van der Waals surface area (Å²) in [5.74, 6) is 1.33. The van der Waals surface area contributed by atoms with Crippen LogP contribution in [-0.2, 0) is 0 Å². The number of benzene rings is 1. The molecule has 2 aromatic rings. The summed E-state index contributed by atoms with van der Waals surface area (Å²) >= 11 is 0. The Balaban J connectivity index is 1.97. The maximum absolute atomic E-state index is 11.7. The van der Waals surface area contributed by atoms with Crippen molar-refractivity contribution in [3.05, 3.63) is 45.8 Å². The van der Waals surface area contributed by atoms with Gasteiger partial charge in [0.15, 0.2) is 0 Å². The van der Waals surface area contributed by atoms with E-state index in [1.54, 1.807) is 6.07 Å². The van der Waals surface area contributed by atoms with Crippen LogP contribution < -0.4 is 9.64 Å². The van der Waals surface area contributed by atoms with Crippen molar-refractivity contribution in [1.82, 2.24) is 9.97 Å². The number of piperidine rings is 1. The number of anilines is 1. The third kappa shape index (κ3) is 3.70. The number of hydrogen-bond acceptors (Lipinski definition) is 6. The molecule has 0 amide bonds. The lowest BCUT2D eigenvalue weighted by Crippen LogP contribution is -2.35. The predicted molar refractivity (Wildman–Crippen MR) is 95.3 cm³/mol. The first-order valence-electron chi connectivity index (χ1n) is 8.45. The van der Waals surface area contributed by atoms with Gasteiger partial charge in [-0.2, -0.15) is 4.98 Å². The highest BCUT2D eigenvalue weighted by atomic mass is 16.6. The number of hydrogen-bond donors (Lipinski definition) is 0. The average Bonchev–Trinajstić information content (AvgIpc) is 2.58. The summed E-state index contributed by atoms with van der Waals surface area (Å²) in [4.78, 5) is 21.4. The number of nitrogens with zero attached hydrogens (tertiary/aromatic N) is 4. The van der Waals surface area contributed by atoms with E-state index in [1.807, 2.05) is 30.9 Å². The van der Waals surface area contributed by atoms with Crippen molar-refractivity contribution in [2.45, 2.75) is 33.6 Å². The van der Waals surface area contributed by atoms with E-state index < -0.39 is 4.92 Å². The van der Waals surface area contributed by atoms with Crippen molar-refractivity contribution < 1.29 is 9.66 Å². The highest BCUT2D eigenvalue weighted by molar-refractivity contribution is 5.63. The van der Waals surface area contributed by atoms with Gasteiger partial charge < -0.3 is 9.64 Å². The molecule has 1 aromatic heterocycles. The van der Waals surface area contributed by atoms with Crippen LogP contribution in [0.15, 0.2) is 24.5 Å². The summed E-state index contributed by atoms with van der Waals surface area (Å²) in [6.07, 6.45) is 3.45. The van der Waals surface area contributed by atoms with Crippen LogP contribution in [0.4, 0.5) is 11.5 Å². The van der Waals surface area contributed by atoms with Gasteiger partial charge in [-0.3, -0.25) is 10.1 Å². The first kappa shape index (κ1) is 17.1. The van der Waals surface area contributed by atoms with Crippen LogP contribution in [0.5, 0.6) is 11.6 Å². The highest BCUT2D eigenvalue weighted by Crippen LogP contribution is 2.37. The van der Waals surface area contributed by atoms with Crippen molar-refractivity contribution in [2.75, 3.05) is 18.0 Å². The minimum Gasteiger partial charge on any atom is -0.434 e. The van der Waals surface area contributed by atoms with Crippen LogP contribution >= 0.6 is 0 Å². The standard InChI is InChI=1S/C18H22N4O3/c1-12-5-4-8-21(10-12)17-16(22(23)24)18(20-11-19-17)25-15-7-6-13(2)14(3)9-15/h6-7,9,11-12H,4-5,8,10H2,1-3H3. The second-order valence-corrected chi connectivity index (χ2v) is 6.65. The van der Waals surface area contributed by atoms with Crippen LogP contribution in [0.3, 0.4) is 0 Å². The second kappa shape index (κ2) is 7.04. The van der Waals surface area contributed by atoms with E-state index >= 15 is 0 Å². The number of ether oxygens (including phenoxy) is 1. The number of aryl methyl sites for hydroxylation is 2. The lowest BCUT2D eigenvalue weighted by Gasteiger charge is -2.31. The van der Waals surface area contributed by atoms with E-state index in [2.05, 4.69) is 16.9 Å². The molecule has 1 unspecified atom stereocenters. The zero-order valence-electron chi connectivity index (χ0n) is 14.7. The van der Waals surface area contributed by atoms with Gasteiger partial charge in [0.1, 0.15) is 12.1 Å². The largest absolute Gasteiger partial charge is 0.434 e. The fraction of sp³-hybridized carbons (Fsp3) is 0.444. The minimum absolute atomic E-state index is 0.0171. The number of rotatable bonds is 4. The van der Waals surface area contributed by atoms with Crippen molar-refractivity contribution in [1.29, 1.82) is 0 Å². The summed E-state index contributed by atoms with van der Waals surface area (Å²) in [6, 6.07) is 5.56. The van der Waals surface area contributed by atoms with Crippen LogP contribution in [0.25, 0.3) is 0 Å². The van der Waals surface area contributed by atoms with Gasteiger partial charge in [-0.15, -0.1) is 0 Å². The molecule has 132 valence electrons. The minimum atomic E-state index is -0.453. The van der Waals surface area contributed by atoms with Crippen LogP contribution in [0, 0.1) is 29.9 Å². The van der Waals surface area contributed by atoms with Crippen LogP contribution in [0.2, 0.25) is 0 Å². The van der Waals surface area contributed by atoms with Crippen molar-refractivity contribution in [3.8, 4) is 11.6 Å². The van der Waals surface area contributed by atoms with Gasteiger partial charge in [-0.05, 0) is 55.9 Å². The summed E-state index contributed by atoms with van der Waals surface area (Å²) in [5.41, 5.74) is 2.02. The molecule has 1 saturated heterocycles. The Morgan fingerprint density at radius 2 is 2.08 bits per heavy atom. The van der Waals surface area contributed by atoms with Gasteiger partial charge >= 0.3 is 11.6 Å². The third-order valence-corrected chi connectivity index (χ3v) is 4.60. The smallest absolute Gasteiger partial charge is 0.373 e. The van der Waals surface area contributed by atoms with Gasteiger partial charge in [0.05, 0.1) is 4.92 Å². The lowest BCUT2D eigenvalue weighted by molar-refractivity contribution is -0.385. The Morgan fingerprint density at radius 1 is 1.28 bits per heavy atom. The average molecular weight is 342 g/mol. The summed E-state index contributed by atoms with van der Waals surface area (Å²) in [6.45, 7) is 7.62. The highest BCUT2D eigenvalue weighted by Gasteiger charge is 2.30. The summed E-state index contributed by atoms with van der Waals surface area (Å²) < 4.78 is 5.75. The first-order valence-corrected chi connectivity index (χ1v) is 8.45. The Labute approximate surface area is 146 Å². The molecule has 1 aliphatic heterocycles.